The Balaban J connectivity index is 1.56. The van der Waals surface area contributed by atoms with E-state index in [2.05, 4.69) is 5.32 Å². The van der Waals surface area contributed by atoms with Crippen molar-refractivity contribution >= 4 is 27.5 Å². The summed E-state index contributed by atoms with van der Waals surface area (Å²) in [5.74, 6) is -0.0491. The highest BCUT2D eigenvalue weighted by Gasteiger charge is 2.26. The molecule has 8 heteroatoms. The summed E-state index contributed by atoms with van der Waals surface area (Å²) in [4.78, 5) is 25.9. The Bertz CT molecular complexity index is 753. The van der Waals surface area contributed by atoms with Crippen LogP contribution >= 0.6 is 0 Å². The van der Waals surface area contributed by atoms with Crippen LogP contribution in [0.1, 0.15) is 36.0 Å². The third kappa shape index (κ3) is 4.19. The molecule has 7 nitrogen and oxygen atoms in total. The standard InChI is InChI=1S/C17H23N3O4S/c1-25(23,24)19-11-8-14(9-12-19)18-17(22)13-4-6-15(7-5-13)20-10-2-3-16(20)21/h4-7,14H,2-3,8-12H2,1H3,(H,18,22). The quantitative estimate of drug-likeness (QED) is 0.861. The molecule has 25 heavy (non-hydrogen) atoms. The molecule has 0 radical (unpaired) electrons. The van der Waals surface area contributed by atoms with Gasteiger partial charge >= 0.3 is 0 Å². The lowest BCUT2D eigenvalue weighted by molar-refractivity contribution is -0.117. The second-order valence-electron chi connectivity index (χ2n) is 6.61. The Kier molecular flexibility index (Phi) is 5.10. The first-order valence-electron chi connectivity index (χ1n) is 8.51. The summed E-state index contributed by atoms with van der Waals surface area (Å²) in [6.45, 7) is 1.59. The van der Waals surface area contributed by atoms with Gasteiger partial charge in [0.05, 0.1) is 6.26 Å². The number of hydrogen-bond acceptors (Lipinski definition) is 4. The van der Waals surface area contributed by atoms with Crippen LogP contribution in [0.3, 0.4) is 0 Å². The molecule has 0 bridgehead atoms. The van der Waals surface area contributed by atoms with Gasteiger partial charge in [-0.25, -0.2) is 12.7 Å². The number of nitrogens with one attached hydrogen (secondary N) is 1. The van der Waals surface area contributed by atoms with Gasteiger partial charge in [0.2, 0.25) is 15.9 Å². The van der Waals surface area contributed by atoms with Crippen molar-refractivity contribution in [2.45, 2.75) is 31.7 Å². The predicted molar refractivity (Wildman–Crippen MR) is 94.9 cm³/mol. The van der Waals surface area contributed by atoms with E-state index in [9.17, 15) is 18.0 Å². The second kappa shape index (κ2) is 7.13. The Morgan fingerprint density at radius 1 is 1.12 bits per heavy atom. The average Bonchev–Trinajstić information content (AvgIpc) is 3.01. The molecule has 3 rings (SSSR count). The largest absolute Gasteiger partial charge is 0.349 e. The van der Waals surface area contributed by atoms with Crippen LogP contribution in [-0.4, -0.2) is 56.5 Å². The van der Waals surface area contributed by atoms with Crippen molar-refractivity contribution < 1.29 is 18.0 Å². The summed E-state index contributed by atoms with van der Waals surface area (Å²) >= 11 is 0. The Hall–Kier alpha value is -1.93. The monoisotopic (exact) mass is 365 g/mol. The number of sulfonamides is 1. The highest BCUT2D eigenvalue weighted by molar-refractivity contribution is 7.88. The summed E-state index contributed by atoms with van der Waals surface area (Å²) in [6, 6.07) is 7.02. The van der Waals surface area contributed by atoms with E-state index in [1.54, 1.807) is 29.2 Å². The molecule has 2 fully saturated rings. The lowest BCUT2D eigenvalue weighted by Gasteiger charge is -2.30. The van der Waals surface area contributed by atoms with Crippen LogP contribution in [0.4, 0.5) is 5.69 Å². The van der Waals surface area contributed by atoms with Gasteiger partial charge in [-0.1, -0.05) is 0 Å². The van der Waals surface area contributed by atoms with Crippen LogP contribution in [0.15, 0.2) is 24.3 Å². The van der Waals surface area contributed by atoms with Crippen molar-refractivity contribution in [3.63, 3.8) is 0 Å². The summed E-state index contributed by atoms with van der Waals surface area (Å²) in [5.41, 5.74) is 1.36. The number of rotatable bonds is 4. The lowest BCUT2D eigenvalue weighted by Crippen LogP contribution is -2.46. The van der Waals surface area contributed by atoms with Crippen molar-refractivity contribution in [1.29, 1.82) is 0 Å². The number of carbonyl (C=O) groups excluding carboxylic acids is 2. The first-order chi connectivity index (χ1) is 11.8. The lowest BCUT2D eigenvalue weighted by atomic mass is 10.1. The predicted octanol–water partition coefficient (Wildman–Crippen LogP) is 0.967. The summed E-state index contributed by atoms with van der Waals surface area (Å²) in [5, 5.41) is 2.96. The SMILES string of the molecule is CS(=O)(=O)N1CCC(NC(=O)c2ccc(N3CCCC3=O)cc2)CC1. The first-order valence-corrected chi connectivity index (χ1v) is 10.4. The molecule has 1 aromatic carbocycles. The van der Waals surface area contributed by atoms with E-state index in [4.69, 9.17) is 0 Å². The molecular formula is C17H23N3O4S. The number of amides is 2. The average molecular weight is 365 g/mol. The van der Waals surface area contributed by atoms with Crippen molar-refractivity contribution in [2.24, 2.45) is 0 Å². The zero-order valence-corrected chi connectivity index (χ0v) is 15.1. The molecule has 0 unspecified atom stereocenters. The first kappa shape index (κ1) is 17.9. The number of hydrogen-bond donors (Lipinski definition) is 1. The van der Waals surface area contributed by atoms with Crippen LogP contribution in [-0.2, 0) is 14.8 Å². The molecule has 2 heterocycles. The van der Waals surface area contributed by atoms with Crippen LogP contribution in [0.5, 0.6) is 0 Å². The number of anilines is 1. The Morgan fingerprint density at radius 2 is 1.76 bits per heavy atom. The molecule has 2 aliphatic rings. The third-order valence-electron chi connectivity index (χ3n) is 4.77. The molecule has 1 aromatic rings. The molecular weight excluding hydrogens is 342 g/mol. The maximum Gasteiger partial charge on any atom is 0.251 e. The fourth-order valence-corrected chi connectivity index (χ4v) is 4.19. The molecule has 0 atom stereocenters. The number of carbonyl (C=O) groups is 2. The van der Waals surface area contributed by atoms with E-state index < -0.39 is 10.0 Å². The molecule has 2 saturated heterocycles. The maximum absolute atomic E-state index is 12.4. The van der Waals surface area contributed by atoms with Gasteiger partial charge in [0.25, 0.3) is 5.91 Å². The van der Waals surface area contributed by atoms with Crippen LogP contribution in [0.25, 0.3) is 0 Å². The summed E-state index contributed by atoms with van der Waals surface area (Å²) in [7, 11) is -3.16. The van der Waals surface area contributed by atoms with E-state index in [1.165, 1.54) is 10.6 Å². The molecule has 0 saturated carbocycles. The molecule has 0 spiro atoms. The molecule has 136 valence electrons. The van der Waals surface area contributed by atoms with Crippen molar-refractivity contribution in [1.82, 2.24) is 9.62 Å². The topological polar surface area (TPSA) is 86.8 Å². The minimum atomic E-state index is -3.16. The normalized spacial score (nSPS) is 20.0. The third-order valence-corrected chi connectivity index (χ3v) is 6.08. The Labute approximate surface area is 148 Å². The Morgan fingerprint density at radius 3 is 2.28 bits per heavy atom. The smallest absolute Gasteiger partial charge is 0.251 e. The molecule has 1 N–H and O–H groups in total. The van der Waals surface area contributed by atoms with Crippen LogP contribution < -0.4 is 10.2 Å². The van der Waals surface area contributed by atoms with E-state index in [-0.39, 0.29) is 17.9 Å². The second-order valence-corrected chi connectivity index (χ2v) is 8.59. The number of piperidine rings is 1. The van der Waals surface area contributed by atoms with E-state index in [0.29, 0.717) is 37.9 Å². The minimum absolute atomic E-state index is 0.0228. The molecule has 0 aromatic heterocycles. The van der Waals surface area contributed by atoms with E-state index >= 15 is 0 Å². The zero-order chi connectivity index (χ0) is 18.0. The van der Waals surface area contributed by atoms with Gasteiger partial charge in [-0.15, -0.1) is 0 Å². The molecule has 0 aliphatic carbocycles. The molecule has 2 aliphatic heterocycles. The molecule has 2 amide bonds. The van der Waals surface area contributed by atoms with Gasteiger partial charge in [-0.3, -0.25) is 9.59 Å². The van der Waals surface area contributed by atoms with E-state index in [1.807, 2.05) is 0 Å². The van der Waals surface area contributed by atoms with Crippen molar-refractivity contribution in [2.75, 3.05) is 30.8 Å². The van der Waals surface area contributed by atoms with E-state index in [0.717, 1.165) is 18.7 Å². The van der Waals surface area contributed by atoms with Gasteiger partial charge in [0, 0.05) is 43.3 Å². The van der Waals surface area contributed by atoms with Gasteiger partial charge in [-0.2, -0.15) is 0 Å². The number of nitrogens with zero attached hydrogens (tertiary/aromatic N) is 2. The van der Waals surface area contributed by atoms with Crippen LogP contribution in [0.2, 0.25) is 0 Å². The minimum Gasteiger partial charge on any atom is -0.349 e. The highest BCUT2D eigenvalue weighted by Crippen LogP contribution is 2.22. The van der Waals surface area contributed by atoms with Crippen molar-refractivity contribution in [3.8, 4) is 0 Å². The summed E-state index contributed by atoms with van der Waals surface area (Å²) in [6.07, 6.45) is 3.87. The zero-order valence-electron chi connectivity index (χ0n) is 14.3. The fraction of sp³-hybridized carbons (Fsp3) is 0.529. The van der Waals surface area contributed by atoms with Crippen LogP contribution in [0, 0.1) is 0 Å². The summed E-state index contributed by atoms with van der Waals surface area (Å²) < 4.78 is 24.5. The van der Waals surface area contributed by atoms with Gasteiger partial charge in [0.1, 0.15) is 0 Å². The van der Waals surface area contributed by atoms with Gasteiger partial charge in [0.15, 0.2) is 0 Å². The maximum atomic E-state index is 12.4. The van der Waals surface area contributed by atoms with Gasteiger partial charge < -0.3 is 10.2 Å². The highest BCUT2D eigenvalue weighted by atomic mass is 32.2. The fourth-order valence-electron chi connectivity index (χ4n) is 3.31. The van der Waals surface area contributed by atoms with Gasteiger partial charge in [-0.05, 0) is 43.5 Å². The van der Waals surface area contributed by atoms with Crippen molar-refractivity contribution in [3.05, 3.63) is 29.8 Å². The number of benzene rings is 1.